The van der Waals surface area contributed by atoms with E-state index in [1.54, 1.807) is 19.2 Å². The number of methoxy groups -OCH3 is 1. The summed E-state index contributed by atoms with van der Waals surface area (Å²) in [5.74, 6) is 0. The molecule has 1 aromatic rings. The van der Waals surface area contributed by atoms with Crippen LogP contribution in [0.5, 0.6) is 0 Å². The Kier molecular flexibility index (Phi) is 6.14. The lowest BCUT2D eigenvalue weighted by Gasteiger charge is -2.10. The van der Waals surface area contributed by atoms with E-state index in [0.29, 0.717) is 23.1 Å². The summed E-state index contributed by atoms with van der Waals surface area (Å²) in [4.78, 5) is 0. The molecule has 1 rings (SSSR count). The van der Waals surface area contributed by atoms with E-state index in [-0.39, 0.29) is 6.10 Å². The van der Waals surface area contributed by atoms with Crippen molar-refractivity contribution >= 4 is 23.2 Å². The molecule has 0 fully saturated rings. The minimum atomic E-state index is -0.354. The quantitative estimate of drug-likeness (QED) is 0.798. The lowest BCUT2D eigenvalue weighted by atomic mass is 10.0. The molecule has 1 atom stereocenters. The molecule has 1 aromatic carbocycles. The molecular weight excluding hydrogens is 247 g/mol. The van der Waals surface area contributed by atoms with Gasteiger partial charge in [-0.1, -0.05) is 29.3 Å². The van der Waals surface area contributed by atoms with Crippen LogP contribution in [0.1, 0.15) is 18.4 Å². The van der Waals surface area contributed by atoms with Gasteiger partial charge in [-0.2, -0.15) is 0 Å². The highest BCUT2D eigenvalue weighted by Gasteiger charge is 2.07. The zero-order valence-electron chi connectivity index (χ0n) is 9.25. The van der Waals surface area contributed by atoms with Crippen molar-refractivity contribution in [2.24, 2.45) is 0 Å². The second-order valence-corrected chi connectivity index (χ2v) is 4.56. The van der Waals surface area contributed by atoms with Crippen LogP contribution in [0, 0.1) is 0 Å². The third-order valence-electron chi connectivity index (χ3n) is 2.34. The van der Waals surface area contributed by atoms with E-state index < -0.39 is 0 Å². The van der Waals surface area contributed by atoms with Gasteiger partial charge in [-0.3, -0.25) is 0 Å². The Hall–Kier alpha value is -0.280. The highest BCUT2D eigenvalue weighted by Crippen LogP contribution is 2.23. The fourth-order valence-corrected chi connectivity index (χ4v) is 1.82. The van der Waals surface area contributed by atoms with Gasteiger partial charge < -0.3 is 9.84 Å². The standard InChI is InChI=1S/C12H16Cl2O2/c1-16-6-2-3-10(15)7-9-4-5-11(13)12(14)8-9/h4-5,8,10,15H,2-3,6-7H2,1H3. The molecule has 0 aliphatic carbocycles. The molecule has 1 N–H and O–H groups in total. The van der Waals surface area contributed by atoms with Crippen molar-refractivity contribution in [2.45, 2.75) is 25.4 Å². The molecule has 0 radical (unpaired) electrons. The Morgan fingerprint density at radius 3 is 2.69 bits per heavy atom. The van der Waals surface area contributed by atoms with E-state index >= 15 is 0 Å². The van der Waals surface area contributed by atoms with Crippen molar-refractivity contribution in [1.82, 2.24) is 0 Å². The number of ether oxygens (including phenoxy) is 1. The highest BCUT2D eigenvalue weighted by atomic mass is 35.5. The summed E-state index contributed by atoms with van der Waals surface area (Å²) in [6, 6.07) is 5.43. The minimum absolute atomic E-state index is 0.354. The van der Waals surface area contributed by atoms with E-state index in [2.05, 4.69) is 0 Å². The first-order valence-electron chi connectivity index (χ1n) is 5.24. The molecule has 0 aromatic heterocycles. The van der Waals surface area contributed by atoms with Gasteiger partial charge in [0.1, 0.15) is 0 Å². The van der Waals surface area contributed by atoms with Crippen molar-refractivity contribution in [1.29, 1.82) is 0 Å². The number of aliphatic hydroxyl groups excluding tert-OH is 1. The van der Waals surface area contributed by atoms with Crippen molar-refractivity contribution < 1.29 is 9.84 Å². The summed E-state index contributed by atoms with van der Waals surface area (Å²) in [5, 5.41) is 10.8. The van der Waals surface area contributed by atoms with E-state index in [0.717, 1.165) is 18.4 Å². The van der Waals surface area contributed by atoms with Gasteiger partial charge in [-0.15, -0.1) is 0 Å². The SMILES string of the molecule is COCCCC(O)Cc1ccc(Cl)c(Cl)c1. The molecule has 0 saturated carbocycles. The van der Waals surface area contributed by atoms with Gasteiger partial charge in [0.15, 0.2) is 0 Å². The van der Waals surface area contributed by atoms with Gasteiger partial charge in [0, 0.05) is 13.7 Å². The summed E-state index contributed by atoms with van der Waals surface area (Å²) in [6.07, 6.45) is 1.83. The van der Waals surface area contributed by atoms with Gasteiger partial charge in [0.2, 0.25) is 0 Å². The topological polar surface area (TPSA) is 29.5 Å². The number of aliphatic hydroxyl groups is 1. The molecular formula is C12H16Cl2O2. The van der Waals surface area contributed by atoms with Crippen LogP contribution in [0.4, 0.5) is 0 Å². The Morgan fingerprint density at radius 2 is 2.06 bits per heavy atom. The fourth-order valence-electron chi connectivity index (χ4n) is 1.50. The van der Waals surface area contributed by atoms with Crippen LogP contribution >= 0.6 is 23.2 Å². The third kappa shape index (κ3) is 4.71. The first-order valence-corrected chi connectivity index (χ1v) is 6.00. The molecule has 16 heavy (non-hydrogen) atoms. The second-order valence-electron chi connectivity index (χ2n) is 3.74. The van der Waals surface area contributed by atoms with Crippen molar-refractivity contribution in [2.75, 3.05) is 13.7 Å². The maximum Gasteiger partial charge on any atom is 0.0595 e. The first kappa shape index (κ1) is 13.8. The Morgan fingerprint density at radius 1 is 1.31 bits per heavy atom. The molecule has 0 aliphatic heterocycles. The smallest absolute Gasteiger partial charge is 0.0595 e. The monoisotopic (exact) mass is 262 g/mol. The van der Waals surface area contributed by atoms with E-state index in [9.17, 15) is 5.11 Å². The summed E-state index contributed by atoms with van der Waals surface area (Å²) in [7, 11) is 1.66. The Balaban J connectivity index is 2.43. The molecule has 2 nitrogen and oxygen atoms in total. The van der Waals surface area contributed by atoms with Crippen molar-refractivity contribution in [3.63, 3.8) is 0 Å². The lowest BCUT2D eigenvalue weighted by Crippen LogP contribution is -2.11. The summed E-state index contributed by atoms with van der Waals surface area (Å²) < 4.78 is 4.93. The highest BCUT2D eigenvalue weighted by molar-refractivity contribution is 6.42. The van der Waals surface area contributed by atoms with Crippen LogP contribution in [0.3, 0.4) is 0 Å². The second kappa shape index (κ2) is 7.13. The van der Waals surface area contributed by atoms with Gasteiger partial charge in [0.05, 0.1) is 16.1 Å². The number of halogens is 2. The number of hydrogen-bond donors (Lipinski definition) is 1. The van der Waals surface area contributed by atoms with Crippen LogP contribution < -0.4 is 0 Å². The molecule has 0 bridgehead atoms. The van der Waals surface area contributed by atoms with Crippen molar-refractivity contribution in [3.8, 4) is 0 Å². The maximum atomic E-state index is 9.76. The number of benzene rings is 1. The van der Waals surface area contributed by atoms with Crippen LogP contribution in [0.2, 0.25) is 10.0 Å². The average Bonchev–Trinajstić information content (AvgIpc) is 2.24. The van der Waals surface area contributed by atoms with Crippen molar-refractivity contribution in [3.05, 3.63) is 33.8 Å². The molecule has 0 heterocycles. The summed E-state index contributed by atoms with van der Waals surface area (Å²) in [6.45, 7) is 0.679. The maximum absolute atomic E-state index is 9.76. The van der Waals surface area contributed by atoms with Gasteiger partial charge in [0.25, 0.3) is 0 Å². The molecule has 1 unspecified atom stereocenters. The average molecular weight is 263 g/mol. The molecule has 90 valence electrons. The molecule has 0 spiro atoms. The van der Waals surface area contributed by atoms with E-state index in [1.165, 1.54) is 0 Å². The zero-order valence-corrected chi connectivity index (χ0v) is 10.8. The minimum Gasteiger partial charge on any atom is -0.393 e. The van der Waals surface area contributed by atoms with Gasteiger partial charge in [-0.25, -0.2) is 0 Å². The normalized spacial score (nSPS) is 12.8. The van der Waals surface area contributed by atoms with Crippen LogP contribution in [-0.4, -0.2) is 24.9 Å². The van der Waals surface area contributed by atoms with Crippen LogP contribution in [-0.2, 0) is 11.2 Å². The Bertz CT molecular complexity index is 329. The molecule has 0 saturated heterocycles. The van der Waals surface area contributed by atoms with Gasteiger partial charge >= 0.3 is 0 Å². The van der Waals surface area contributed by atoms with E-state index in [4.69, 9.17) is 27.9 Å². The lowest BCUT2D eigenvalue weighted by molar-refractivity contribution is 0.135. The van der Waals surface area contributed by atoms with E-state index in [1.807, 2.05) is 6.07 Å². The van der Waals surface area contributed by atoms with Gasteiger partial charge in [-0.05, 0) is 37.0 Å². The van der Waals surface area contributed by atoms with Crippen LogP contribution in [0.25, 0.3) is 0 Å². The third-order valence-corrected chi connectivity index (χ3v) is 3.08. The largest absolute Gasteiger partial charge is 0.393 e. The predicted octanol–water partition coefficient (Wildman–Crippen LogP) is 3.32. The first-order chi connectivity index (χ1) is 7.63. The summed E-state index contributed by atoms with van der Waals surface area (Å²) >= 11 is 11.7. The Labute approximate surface area is 106 Å². The summed E-state index contributed by atoms with van der Waals surface area (Å²) in [5.41, 5.74) is 0.999. The fraction of sp³-hybridized carbons (Fsp3) is 0.500. The molecule has 0 aliphatic rings. The van der Waals surface area contributed by atoms with Crippen LogP contribution in [0.15, 0.2) is 18.2 Å². The zero-order chi connectivity index (χ0) is 12.0. The number of hydrogen-bond acceptors (Lipinski definition) is 2. The molecule has 0 amide bonds. The number of rotatable bonds is 6. The predicted molar refractivity (Wildman–Crippen MR) is 67.3 cm³/mol. The molecule has 4 heteroatoms.